The molecule has 6 nitrogen and oxygen atoms in total. The maximum absolute atomic E-state index is 4.86. The van der Waals surface area contributed by atoms with Crippen molar-refractivity contribution in [1.29, 1.82) is 0 Å². The molecule has 0 amide bonds. The summed E-state index contributed by atoms with van der Waals surface area (Å²) in [6.07, 6.45) is 0. The van der Waals surface area contributed by atoms with E-state index in [1.807, 2.05) is 84.9 Å². The highest BCUT2D eigenvalue weighted by atomic mass is 32.2. The van der Waals surface area contributed by atoms with Gasteiger partial charge in [-0.3, -0.25) is 0 Å². The second-order valence-corrected chi connectivity index (χ2v) is 8.46. The van der Waals surface area contributed by atoms with E-state index in [0.29, 0.717) is 11.6 Å². The zero-order valence-corrected chi connectivity index (χ0v) is 18.4. The van der Waals surface area contributed by atoms with Gasteiger partial charge in [0, 0.05) is 16.9 Å². The van der Waals surface area contributed by atoms with Crippen LogP contribution in [0.25, 0.3) is 34.2 Å². The van der Waals surface area contributed by atoms with Crippen molar-refractivity contribution in [2.75, 3.05) is 5.75 Å². The van der Waals surface area contributed by atoms with E-state index in [1.54, 1.807) is 16.4 Å². The highest BCUT2D eigenvalue weighted by Gasteiger charge is 2.23. The van der Waals surface area contributed by atoms with E-state index in [4.69, 9.17) is 15.1 Å². The molecule has 0 fully saturated rings. The summed E-state index contributed by atoms with van der Waals surface area (Å²) in [5.41, 5.74) is 5.73. The Bertz CT molecular complexity index is 1390. The molecule has 33 heavy (non-hydrogen) atoms. The van der Waals surface area contributed by atoms with Crippen LogP contribution < -0.4 is 0 Å². The molecule has 3 aromatic carbocycles. The van der Waals surface area contributed by atoms with Gasteiger partial charge in [-0.2, -0.15) is 9.78 Å². The molecule has 0 unspecified atom stereocenters. The Morgan fingerprint density at radius 3 is 1.76 bits per heavy atom. The molecule has 158 valence electrons. The molecule has 2 aromatic heterocycles. The molecule has 0 aliphatic carbocycles. The fourth-order valence-electron chi connectivity index (χ4n) is 3.70. The van der Waals surface area contributed by atoms with Crippen molar-refractivity contribution in [3.63, 3.8) is 0 Å². The first-order valence-electron chi connectivity index (χ1n) is 10.6. The number of rotatable bonds is 4. The predicted octanol–water partition coefficient (Wildman–Crippen LogP) is 5.43. The molecule has 0 saturated carbocycles. The smallest absolute Gasteiger partial charge is 0.223 e. The Morgan fingerprint density at radius 1 is 0.636 bits per heavy atom. The summed E-state index contributed by atoms with van der Waals surface area (Å²) >= 11 is 1.61. The van der Waals surface area contributed by atoms with Crippen LogP contribution in [0.2, 0.25) is 0 Å². The van der Waals surface area contributed by atoms with Gasteiger partial charge in [0.1, 0.15) is 0 Å². The molecular weight excluding hydrogens is 428 g/mol. The molecule has 0 radical (unpaired) electrons. The van der Waals surface area contributed by atoms with E-state index < -0.39 is 0 Å². The Hall–Kier alpha value is -4.10. The molecule has 7 heteroatoms. The molecule has 0 atom stereocenters. The summed E-state index contributed by atoms with van der Waals surface area (Å²) in [6.45, 7) is 0. The number of thioether (sulfide) groups is 1. The molecule has 3 heterocycles. The Labute approximate surface area is 195 Å². The van der Waals surface area contributed by atoms with Crippen LogP contribution in [0.1, 0.15) is 5.56 Å². The summed E-state index contributed by atoms with van der Waals surface area (Å²) in [7, 11) is 0. The average molecular weight is 447 g/mol. The Morgan fingerprint density at radius 2 is 1.18 bits per heavy atom. The highest BCUT2D eigenvalue weighted by molar-refractivity contribution is 7.99. The summed E-state index contributed by atoms with van der Waals surface area (Å²) in [5, 5.41) is 14.4. The normalized spacial score (nSPS) is 12.8. The van der Waals surface area contributed by atoms with Crippen molar-refractivity contribution >= 4 is 17.5 Å². The molecular formula is C26H18N6S. The first-order chi connectivity index (χ1) is 16.3. The zero-order valence-electron chi connectivity index (χ0n) is 17.5. The molecule has 0 saturated heterocycles. The molecule has 1 aliphatic rings. The largest absolute Gasteiger partial charge is 0.225 e. The van der Waals surface area contributed by atoms with Crippen molar-refractivity contribution in [3.8, 4) is 34.2 Å². The van der Waals surface area contributed by atoms with Gasteiger partial charge in [-0.05, 0) is 11.6 Å². The van der Waals surface area contributed by atoms with Crippen LogP contribution in [0, 0.1) is 0 Å². The van der Waals surface area contributed by atoms with Crippen LogP contribution in [-0.4, -0.2) is 36.3 Å². The lowest BCUT2D eigenvalue weighted by molar-refractivity contribution is 0.758. The summed E-state index contributed by atoms with van der Waals surface area (Å²) in [6, 6.07) is 32.4. The van der Waals surface area contributed by atoms with E-state index in [-0.39, 0.29) is 0 Å². The maximum Gasteiger partial charge on any atom is 0.223 e. The molecule has 0 spiro atoms. The van der Waals surface area contributed by atoms with Crippen LogP contribution in [0.3, 0.4) is 0 Å². The van der Waals surface area contributed by atoms with E-state index in [2.05, 4.69) is 22.3 Å². The van der Waals surface area contributed by atoms with Gasteiger partial charge in [-0.1, -0.05) is 103 Å². The van der Waals surface area contributed by atoms with Gasteiger partial charge in [0.15, 0.2) is 0 Å². The van der Waals surface area contributed by atoms with E-state index in [0.717, 1.165) is 44.7 Å². The van der Waals surface area contributed by atoms with E-state index in [1.165, 1.54) is 0 Å². The SMILES string of the molecule is c1ccc(C2=Nn3c(nnc3-c3nc(-c4ccccc4)cc(-c4ccccc4)n3)SC2)cc1. The fourth-order valence-corrected chi connectivity index (χ4v) is 4.54. The average Bonchev–Trinajstić information content (AvgIpc) is 3.33. The highest BCUT2D eigenvalue weighted by Crippen LogP contribution is 2.30. The van der Waals surface area contributed by atoms with Gasteiger partial charge in [-0.15, -0.1) is 10.2 Å². The second kappa shape index (κ2) is 8.44. The standard InChI is InChI=1S/C26H18N6S/c1-4-10-18(11-5-1)21-16-22(19-12-6-2-7-13-19)28-24(27-21)25-29-30-26-32(25)31-23(17-33-26)20-14-8-3-9-15-20/h1-16H,17H2. The zero-order chi connectivity index (χ0) is 22.0. The van der Waals surface area contributed by atoms with Gasteiger partial charge < -0.3 is 0 Å². The van der Waals surface area contributed by atoms with Crippen molar-refractivity contribution < 1.29 is 0 Å². The van der Waals surface area contributed by atoms with Gasteiger partial charge in [0.05, 0.1) is 17.1 Å². The lowest BCUT2D eigenvalue weighted by Gasteiger charge is -2.14. The van der Waals surface area contributed by atoms with Crippen LogP contribution >= 0.6 is 11.8 Å². The number of benzene rings is 3. The number of aromatic nitrogens is 5. The van der Waals surface area contributed by atoms with Crippen molar-refractivity contribution in [3.05, 3.63) is 103 Å². The van der Waals surface area contributed by atoms with Gasteiger partial charge in [0.2, 0.25) is 16.8 Å². The lowest BCUT2D eigenvalue weighted by atomic mass is 10.1. The summed E-state index contributed by atoms with van der Waals surface area (Å²) in [4.78, 5) is 9.73. The first-order valence-corrected chi connectivity index (χ1v) is 11.6. The third kappa shape index (κ3) is 3.83. The fraction of sp³-hybridized carbons (Fsp3) is 0.0385. The number of hydrogen-bond donors (Lipinski definition) is 0. The molecule has 6 rings (SSSR count). The van der Waals surface area contributed by atoms with Crippen LogP contribution in [0.15, 0.2) is 107 Å². The summed E-state index contributed by atoms with van der Waals surface area (Å²) in [5.74, 6) is 1.76. The minimum Gasteiger partial charge on any atom is -0.225 e. The topological polar surface area (TPSA) is 68.8 Å². The van der Waals surface area contributed by atoms with Crippen LogP contribution in [0.5, 0.6) is 0 Å². The van der Waals surface area contributed by atoms with E-state index in [9.17, 15) is 0 Å². The Kier molecular flexibility index (Phi) is 5.01. The van der Waals surface area contributed by atoms with Crippen molar-refractivity contribution in [2.24, 2.45) is 5.10 Å². The van der Waals surface area contributed by atoms with Gasteiger partial charge in [0.25, 0.3) is 0 Å². The third-order valence-corrected chi connectivity index (χ3v) is 6.27. The summed E-state index contributed by atoms with van der Waals surface area (Å²) < 4.78 is 1.76. The molecule has 5 aromatic rings. The van der Waals surface area contributed by atoms with Crippen molar-refractivity contribution in [2.45, 2.75) is 5.16 Å². The third-order valence-electron chi connectivity index (χ3n) is 5.34. The van der Waals surface area contributed by atoms with Crippen LogP contribution in [-0.2, 0) is 0 Å². The lowest BCUT2D eigenvalue weighted by Crippen LogP contribution is -2.14. The van der Waals surface area contributed by atoms with Gasteiger partial charge in [-0.25, -0.2) is 9.97 Å². The van der Waals surface area contributed by atoms with Crippen LogP contribution in [0.4, 0.5) is 0 Å². The van der Waals surface area contributed by atoms with Gasteiger partial charge >= 0.3 is 0 Å². The minimum atomic E-state index is 0.493. The molecule has 0 N–H and O–H groups in total. The Balaban J connectivity index is 1.51. The second-order valence-electron chi connectivity index (χ2n) is 7.51. The van der Waals surface area contributed by atoms with Crippen molar-refractivity contribution in [1.82, 2.24) is 24.8 Å². The van der Waals surface area contributed by atoms with E-state index >= 15 is 0 Å². The maximum atomic E-state index is 4.86. The number of fused-ring (bicyclic) bond motifs is 1. The number of hydrogen-bond acceptors (Lipinski definition) is 6. The monoisotopic (exact) mass is 446 g/mol. The number of nitrogens with zero attached hydrogens (tertiary/aromatic N) is 6. The predicted molar refractivity (Wildman–Crippen MR) is 131 cm³/mol. The molecule has 1 aliphatic heterocycles. The quantitative estimate of drug-likeness (QED) is 0.368. The molecule has 0 bridgehead atoms. The minimum absolute atomic E-state index is 0.493. The first kappa shape index (κ1) is 19.6.